The Morgan fingerprint density at radius 3 is 3.15 bits per heavy atom. The first-order chi connectivity index (χ1) is 6.33. The van der Waals surface area contributed by atoms with E-state index in [9.17, 15) is 0 Å². The van der Waals surface area contributed by atoms with Gasteiger partial charge in [-0.05, 0) is 19.3 Å². The van der Waals surface area contributed by atoms with Crippen molar-refractivity contribution >= 4 is 18.0 Å². The Morgan fingerprint density at radius 2 is 2.62 bits per heavy atom. The summed E-state index contributed by atoms with van der Waals surface area (Å²) in [6.07, 6.45) is 5.20. The number of hydroxylamine groups is 2. The van der Waals surface area contributed by atoms with Crippen LogP contribution in [0.5, 0.6) is 0 Å². The van der Waals surface area contributed by atoms with Gasteiger partial charge in [0.25, 0.3) is 0 Å². The first kappa shape index (κ1) is 10.1. The van der Waals surface area contributed by atoms with Gasteiger partial charge in [-0.2, -0.15) is 5.26 Å². The van der Waals surface area contributed by atoms with Gasteiger partial charge in [0.1, 0.15) is 11.8 Å². The topological polar surface area (TPSA) is 48.6 Å². The summed E-state index contributed by atoms with van der Waals surface area (Å²) >= 11 is 1.52. The molecule has 0 aromatic heterocycles. The Bertz CT molecular complexity index is 269. The molecule has 0 aromatic carbocycles. The van der Waals surface area contributed by atoms with E-state index in [1.807, 2.05) is 13.2 Å². The lowest BCUT2D eigenvalue weighted by Crippen LogP contribution is -2.32. The summed E-state index contributed by atoms with van der Waals surface area (Å²) in [4.78, 5) is 9.46. The summed E-state index contributed by atoms with van der Waals surface area (Å²) in [5.41, 5.74) is 0.357. The smallest absolute Gasteiger partial charge is 0.193 e. The number of nitrogens with zero attached hydrogens (tertiary/aromatic N) is 3. The second-order valence-corrected chi connectivity index (χ2v) is 3.16. The summed E-state index contributed by atoms with van der Waals surface area (Å²) in [5.74, 6) is 0. The van der Waals surface area contributed by atoms with Crippen molar-refractivity contribution in [1.82, 2.24) is 5.06 Å². The van der Waals surface area contributed by atoms with Crippen molar-refractivity contribution < 1.29 is 4.84 Å². The van der Waals surface area contributed by atoms with Gasteiger partial charge in [-0.1, -0.05) is 0 Å². The van der Waals surface area contributed by atoms with Crippen LogP contribution in [-0.2, 0) is 4.84 Å². The van der Waals surface area contributed by atoms with Crippen LogP contribution < -0.4 is 0 Å². The fraction of sp³-hybridized carbons (Fsp3) is 0.500. The number of thioether (sulfide) groups is 1. The Labute approximate surface area is 81.8 Å². The monoisotopic (exact) mass is 197 g/mol. The molecule has 1 unspecified atom stereocenters. The molecule has 0 fully saturated rings. The first-order valence-electron chi connectivity index (χ1n) is 3.92. The lowest BCUT2D eigenvalue weighted by Gasteiger charge is -2.28. The van der Waals surface area contributed by atoms with E-state index < -0.39 is 0 Å². The van der Waals surface area contributed by atoms with Gasteiger partial charge >= 0.3 is 0 Å². The molecular formula is C8H11N3OS. The second-order valence-electron chi connectivity index (χ2n) is 2.27. The molecule has 70 valence electrons. The highest BCUT2D eigenvalue weighted by Gasteiger charge is 2.21. The van der Waals surface area contributed by atoms with E-state index in [2.05, 4.69) is 11.1 Å². The first-order valence-corrected chi connectivity index (χ1v) is 5.20. The molecule has 1 aliphatic heterocycles. The lowest BCUT2D eigenvalue weighted by molar-refractivity contribution is -0.129. The minimum Gasteiger partial charge on any atom is -0.270 e. The van der Waals surface area contributed by atoms with Gasteiger partial charge in [0.05, 0.1) is 6.61 Å². The molecule has 0 saturated carbocycles. The molecule has 1 atom stereocenters. The van der Waals surface area contributed by atoms with E-state index in [4.69, 9.17) is 10.1 Å². The molecule has 1 heterocycles. The van der Waals surface area contributed by atoms with E-state index in [0.29, 0.717) is 12.3 Å². The Balaban J connectivity index is 2.78. The van der Waals surface area contributed by atoms with Crippen molar-refractivity contribution in [2.45, 2.75) is 12.4 Å². The van der Waals surface area contributed by atoms with E-state index in [0.717, 1.165) is 0 Å². The van der Waals surface area contributed by atoms with Gasteiger partial charge in [-0.15, -0.1) is 11.8 Å². The number of nitriles is 1. The van der Waals surface area contributed by atoms with E-state index in [-0.39, 0.29) is 5.50 Å². The van der Waals surface area contributed by atoms with Gasteiger partial charge in [0.15, 0.2) is 5.50 Å². The molecule has 0 radical (unpaired) electrons. The van der Waals surface area contributed by atoms with Crippen molar-refractivity contribution in [3.05, 3.63) is 11.8 Å². The van der Waals surface area contributed by atoms with Crippen LogP contribution in [0.15, 0.2) is 16.8 Å². The zero-order valence-corrected chi connectivity index (χ0v) is 8.41. The highest BCUT2D eigenvalue weighted by molar-refractivity contribution is 7.99. The number of rotatable bonds is 3. The van der Waals surface area contributed by atoms with Crippen molar-refractivity contribution in [2.24, 2.45) is 4.99 Å². The zero-order chi connectivity index (χ0) is 9.68. The average molecular weight is 197 g/mol. The molecule has 0 aromatic rings. The Morgan fingerprint density at radius 1 is 1.85 bits per heavy atom. The quantitative estimate of drug-likeness (QED) is 0.685. The number of allylic oxidation sites excluding steroid dienone is 2. The summed E-state index contributed by atoms with van der Waals surface area (Å²) < 4.78 is 0. The fourth-order valence-electron chi connectivity index (χ4n) is 0.956. The standard InChI is InChI=1S/C8H11N3OS/c1-3-12-11-7(6-9)4-5-10-8(11)13-2/h4-5,8H,3H2,1-2H3. The Kier molecular flexibility index (Phi) is 3.80. The highest BCUT2D eigenvalue weighted by Crippen LogP contribution is 2.21. The van der Waals surface area contributed by atoms with Crippen LogP contribution in [0.1, 0.15) is 6.92 Å². The third-order valence-electron chi connectivity index (χ3n) is 1.48. The maximum absolute atomic E-state index is 8.79. The third-order valence-corrected chi connectivity index (χ3v) is 2.21. The predicted octanol–water partition coefficient (Wildman–Crippen LogP) is 1.38. The van der Waals surface area contributed by atoms with E-state index in [1.54, 1.807) is 12.3 Å². The minimum absolute atomic E-state index is 0.139. The SMILES string of the molecule is CCON1C(C#N)=CC=NC1SC. The molecule has 0 amide bonds. The van der Waals surface area contributed by atoms with Crippen LogP contribution in [0.3, 0.4) is 0 Å². The van der Waals surface area contributed by atoms with Crippen LogP contribution in [0.25, 0.3) is 0 Å². The third kappa shape index (κ3) is 2.23. The summed E-state index contributed by atoms with van der Waals surface area (Å²) in [6, 6.07) is 2.06. The predicted molar refractivity (Wildman–Crippen MR) is 53.0 cm³/mol. The minimum atomic E-state index is -0.139. The van der Waals surface area contributed by atoms with Crippen molar-refractivity contribution in [2.75, 3.05) is 12.9 Å². The van der Waals surface area contributed by atoms with Gasteiger partial charge in [-0.3, -0.25) is 9.83 Å². The van der Waals surface area contributed by atoms with Crippen LogP contribution in [0, 0.1) is 11.3 Å². The molecule has 4 nitrogen and oxygen atoms in total. The van der Waals surface area contributed by atoms with Gasteiger partial charge < -0.3 is 0 Å². The molecule has 0 spiro atoms. The molecule has 13 heavy (non-hydrogen) atoms. The van der Waals surface area contributed by atoms with Gasteiger partial charge in [0.2, 0.25) is 0 Å². The fourth-order valence-corrected chi connectivity index (χ4v) is 1.51. The van der Waals surface area contributed by atoms with Crippen LogP contribution >= 0.6 is 11.8 Å². The largest absolute Gasteiger partial charge is 0.270 e. The normalized spacial score (nSPS) is 21.2. The molecular weight excluding hydrogens is 186 g/mol. The second kappa shape index (κ2) is 4.90. The molecule has 1 aliphatic rings. The summed E-state index contributed by atoms with van der Waals surface area (Å²) in [7, 11) is 0. The van der Waals surface area contributed by atoms with Crippen molar-refractivity contribution in [1.29, 1.82) is 5.26 Å². The summed E-state index contributed by atoms with van der Waals surface area (Å²) in [6.45, 7) is 2.41. The lowest BCUT2D eigenvalue weighted by atomic mass is 10.4. The molecule has 0 bridgehead atoms. The summed E-state index contributed by atoms with van der Waals surface area (Å²) in [5, 5.41) is 10.3. The van der Waals surface area contributed by atoms with Gasteiger partial charge in [-0.25, -0.2) is 5.06 Å². The maximum atomic E-state index is 8.79. The van der Waals surface area contributed by atoms with Crippen molar-refractivity contribution in [3.63, 3.8) is 0 Å². The average Bonchev–Trinajstić information content (AvgIpc) is 2.18. The zero-order valence-electron chi connectivity index (χ0n) is 7.60. The van der Waals surface area contributed by atoms with E-state index >= 15 is 0 Å². The van der Waals surface area contributed by atoms with Crippen LogP contribution in [-0.4, -0.2) is 29.6 Å². The van der Waals surface area contributed by atoms with Crippen LogP contribution in [0.4, 0.5) is 0 Å². The Hall–Kier alpha value is -0.990. The molecule has 1 rings (SSSR count). The molecule has 0 saturated heterocycles. The number of aliphatic imine (C=N–C) groups is 1. The van der Waals surface area contributed by atoms with Gasteiger partial charge in [0, 0.05) is 6.21 Å². The highest BCUT2D eigenvalue weighted by atomic mass is 32.2. The molecule has 0 aliphatic carbocycles. The maximum Gasteiger partial charge on any atom is 0.193 e. The molecule has 5 heteroatoms. The number of hydrogen-bond acceptors (Lipinski definition) is 5. The number of hydrogen-bond donors (Lipinski definition) is 0. The van der Waals surface area contributed by atoms with E-state index in [1.165, 1.54) is 16.8 Å². The molecule has 0 N–H and O–H groups in total. The van der Waals surface area contributed by atoms with Crippen LogP contribution in [0.2, 0.25) is 0 Å². The van der Waals surface area contributed by atoms with Crippen molar-refractivity contribution in [3.8, 4) is 6.07 Å².